The number of pyridine rings is 1. The van der Waals surface area contributed by atoms with Crippen molar-refractivity contribution in [3.63, 3.8) is 0 Å². The molecule has 0 amide bonds. The third-order valence-corrected chi connectivity index (χ3v) is 6.37. The van der Waals surface area contributed by atoms with Crippen LogP contribution >= 0.6 is 0 Å². The fourth-order valence-electron chi connectivity index (χ4n) is 4.29. The molecule has 0 unspecified atom stereocenters. The minimum atomic E-state index is -4.96. The Labute approximate surface area is 221 Å². The first-order chi connectivity index (χ1) is 18.7. The molecule has 0 saturated heterocycles. The summed E-state index contributed by atoms with van der Waals surface area (Å²) in [5.74, 6) is 0. The van der Waals surface area contributed by atoms with Crippen molar-refractivity contribution >= 4 is 10.9 Å². The maximum atomic E-state index is 13.3. The molecular formula is C30H16F9N. The molecule has 1 nitrogen and oxygen atoms in total. The van der Waals surface area contributed by atoms with Crippen LogP contribution in [-0.2, 0) is 18.5 Å². The van der Waals surface area contributed by atoms with Crippen molar-refractivity contribution < 1.29 is 39.5 Å². The zero-order valence-corrected chi connectivity index (χ0v) is 20.1. The van der Waals surface area contributed by atoms with Gasteiger partial charge >= 0.3 is 18.5 Å². The van der Waals surface area contributed by atoms with E-state index in [1.54, 1.807) is 36.4 Å². The Morgan fingerprint density at radius 2 is 0.825 bits per heavy atom. The second kappa shape index (κ2) is 9.69. The van der Waals surface area contributed by atoms with Gasteiger partial charge in [-0.05, 0) is 70.3 Å². The summed E-state index contributed by atoms with van der Waals surface area (Å²) in [6.07, 6.45) is -12.8. The average Bonchev–Trinajstić information content (AvgIpc) is 2.91. The molecule has 0 aliphatic carbocycles. The monoisotopic (exact) mass is 561 g/mol. The Balaban J connectivity index is 1.44. The van der Waals surface area contributed by atoms with E-state index < -0.39 is 35.2 Å². The number of fused-ring (bicyclic) bond motifs is 1. The predicted molar refractivity (Wildman–Crippen MR) is 133 cm³/mol. The van der Waals surface area contributed by atoms with Gasteiger partial charge in [-0.15, -0.1) is 0 Å². The number of nitrogens with zero attached hydrogens (tertiary/aromatic N) is 1. The molecule has 0 fully saturated rings. The van der Waals surface area contributed by atoms with E-state index in [0.717, 1.165) is 17.7 Å². The first-order valence-corrected chi connectivity index (χ1v) is 11.7. The van der Waals surface area contributed by atoms with Gasteiger partial charge in [-0.2, -0.15) is 39.5 Å². The highest BCUT2D eigenvalue weighted by Crippen LogP contribution is 2.39. The fourth-order valence-corrected chi connectivity index (χ4v) is 4.29. The van der Waals surface area contributed by atoms with Gasteiger partial charge < -0.3 is 0 Å². The Bertz CT molecular complexity index is 1650. The summed E-state index contributed by atoms with van der Waals surface area (Å²) in [4.78, 5) is 4.35. The summed E-state index contributed by atoms with van der Waals surface area (Å²) in [5, 5.41) is 0.607. The third kappa shape index (κ3) is 5.66. The van der Waals surface area contributed by atoms with Crippen molar-refractivity contribution in [3.05, 3.63) is 114 Å². The first-order valence-electron chi connectivity index (χ1n) is 11.7. The van der Waals surface area contributed by atoms with E-state index in [1.807, 2.05) is 0 Å². The lowest BCUT2D eigenvalue weighted by Gasteiger charge is -2.14. The smallest absolute Gasteiger partial charge is 0.256 e. The highest BCUT2D eigenvalue weighted by atomic mass is 19.4. The van der Waals surface area contributed by atoms with E-state index in [1.165, 1.54) is 30.5 Å². The Morgan fingerprint density at radius 3 is 1.32 bits per heavy atom. The molecule has 0 bridgehead atoms. The van der Waals surface area contributed by atoms with E-state index in [0.29, 0.717) is 39.7 Å². The van der Waals surface area contributed by atoms with E-state index in [9.17, 15) is 39.5 Å². The van der Waals surface area contributed by atoms with Gasteiger partial charge in [-0.3, -0.25) is 4.98 Å². The normalized spacial score (nSPS) is 12.6. The summed E-state index contributed by atoms with van der Waals surface area (Å²) in [5.41, 5.74) is -0.526. The van der Waals surface area contributed by atoms with Crippen LogP contribution in [0.25, 0.3) is 44.3 Å². The van der Waals surface area contributed by atoms with Crippen LogP contribution in [0, 0.1) is 0 Å². The fraction of sp³-hybridized carbons (Fsp3) is 0.100. The van der Waals surface area contributed by atoms with E-state index in [-0.39, 0.29) is 17.2 Å². The van der Waals surface area contributed by atoms with Crippen LogP contribution in [0.5, 0.6) is 0 Å². The van der Waals surface area contributed by atoms with Crippen LogP contribution in [0.15, 0.2) is 97.2 Å². The molecule has 40 heavy (non-hydrogen) atoms. The van der Waals surface area contributed by atoms with E-state index in [2.05, 4.69) is 4.98 Å². The molecule has 0 spiro atoms. The van der Waals surface area contributed by atoms with Crippen LogP contribution in [0.4, 0.5) is 39.5 Å². The molecule has 0 aliphatic heterocycles. The highest BCUT2D eigenvalue weighted by molar-refractivity contribution is 5.88. The van der Waals surface area contributed by atoms with E-state index >= 15 is 0 Å². The lowest BCUT2D eigenvalue weighted by molar-refractivity contribution is -0.143. The minimum Gasteiger partial charge on any atom is -0.256 e. The molecule has 5 aromatic rings. The molecule has 10 heteroatoms. The molecule has 0 saturated carbocycles. The SMILES string of the molecule is FC(F)(F)c1ccc(-c2ccc(-c3cnc4cc(-c5cc(C(F)(F)F)cc(C(F)(F)F)c5)ccc4c3)cc2)cc1. The van der Waals surface area contributed by atoms with Crippen molar-refractivity contribution in [3.8, 4) is 33.4 Å². The zero-order valence-electron chi connectivity index (χ0n) is 20.1. The van der Waals surface area contributed by atoms with Gasteiger partial charge in [-0.25, -0.2) is 0 Å². The lowest BCUT2D eigenvalue weighted by Crippen LogP contribution is -2.11. The Hall–Kier alpha value is -4.34. The standard InChI is InChI=1S/C30H16F9N/c31-28(32,33)24-9-7-18(8-10-24)17-1-3-19(4-2-17)23-11-21-6-5-20(14-27(21)40-16-23)22-12-25(29(34,35)36)15-26(13-22)30(37,38)39/h1-16H. The molecular weight excluding hydrogens is 545 g/mol. The topological polar surface area (TPSA) is 12.9 Å². The van der Waals surface area contributed by atoms with Crippen molar-refractivity contribution in [2.45, 2.75) is 18.5 Å². The number of benzene rings is 4. The van der Waals surface area contributed by atoms with Crippen LogP contribution in [-0.4, -0.2) is 4.98 Å². The van der Waals surface area contributed by atoms with Gasteiger partial charge in [0, 0.05) is 17.1 Å². The van der Waals surface area contributed by atoms with Gasteiger partial charge in [0.25, 0.3) is 0 Å². The lowest BCUT2D eigenvalue weighted by atomic mass is 9.97. The van der Waals surface area contributed by atoms with Crippen LogP contribution in [0.3, 0.4) is 0 Å². The molecule has 5 rings (SSSR count). The summed E-state index contributed by atoms with van der Waals surface area (Å²) in [6, 6.07) is 19.4. The van der Waals surface area contributed by atoms with Crippen LogP contribution in [0.1, 0.15) is 16.7 Å². The second-order valence-corrected chi connectivity index (χ2v) is 9.08. The molecule has 204 valence electrons. The maximum absolute atomic E-state index is 13.3. The second-order valence-electron chi connectivity index (χ2n) is 9.08. The van der Waals surface area contributed by atoms with Crippen molar-refractivity contribution in [1.82, 2.24) is 4.98 Å². The number of aromatic nitrogens is 1. The number of hydrogen-bond acceptors (Lipinski definition) is 1. The summed E-state index contributed by atoms with van der Waals surface area (Å²) >= 11 is 0. The highest BCUT2D eigenvalue weighted by Gasteiger charge is 2.37. The summed E-state index contributed by atoms with van der Waals surface area (Å²) in [7, 11) is 0. The van der Waals surface area contributed by atoms with E-state index in [4.69, 9.17) is 0 Å². The minimum absolute atomic E-state index is 0.0813. The number of alkyl halides is 9. The molecule has 0 radical (unpaired) electrons. The number of hydrogen-bond donors (Lipinski definition) is 0. The van der Waals surface area contributed by atoms with Gasteiger partial charge in [-0.1, -0.05) is 48.5 Å². The average molecular weight is 561 g/mol. The molecule has 4 aromatic carbocycles. The molecule has 0 N–H and O–H groups in total. The molecule has 0 atom stereocenters. The number of rotatable bonds is 3. The van der Waals surface area contributed by atoms with Gasteiger partial charge in [0.15, 0.2) is 0 Å². The predicted octanol–water partition coefficient (Wildman–Crippen LogP) is 10.3. The largest absolute Gasteiger partial charge is 0.416 e. The quantitative estimate of drug-likeness (QED) is 0.200. The zero-order chi connectivity index (χ0) is 28.9. The molecule has 1 heterocycles. The van der Waals surface area contributed by atoms with Crippen molar-refractivity contribution in [2.24, 2.45) is 0 Å². The molecule has 0 aliphatic rings. The van der Waals surface area contributed by atoms with Crippen LogP contribution in [0.2, 0.25) is 0 Å². The van der Waals surface area contributed by atoms with Gasteiger partial charge in [0.2, 0.25) is 0 Å². The van der Waals surface area contributed by atoms with Gasteiger partial charge in [0.05, 0.1) is 22.2 Å². The Morgan fingerprint density at radius 1 is 0.375 bits per heavy atom. The van der Waals surface area contributed by atoms with Crippen molar-refractivity contribution in [1.29, 1.82) is 0 Å². The third-order valence-electron chi connectivity index (χ3n) is 6.37. The number of halogens is 9. The first kappa shape index (κ1) is 27.2. The summed E-state index contributed by atoms with van der Waals surface area (Å²) in [6.45, 7) is 0. The van der Waals surface area contributed by atoms with Crippen LogP contribution < -0.4 is 0 Å². The van der Waals surface area contributed by atoms with Crippen molar-refractivity contribution in [2.75, 3.05) is 0 Å². The molecule has 1 aromatic heterocycles. The van der Waals surface area contributed by atoms with Gasteiger partial charge in [0.1, 0.15) is 0 Å². The maximum Gasteiger partial charge on any atom is 0.416 e. The summed E-state index contributed by atoms with van der Waals surface area (Å²) < 4.78 is 118. The Kier molecular flexibility index (Phi) is 6.60.